The molecular weight excluding hydrogens is 667 g/mol. The first-order valence-corrected chi connectivity index (χ1v) is 23.3. The minimum Gasteiger partial charge on any atom is -0.445 e. The monoisotopic (exact) mass is 750 g/mol. The zero-order valence-corrected chi connectivity index (χ0v) is 35.3. The van der Waals surface area contributed by atoms with E-state index in [1.165, 1.54) is 161 Å². The van der Waals surface area contributed by atoms with Crippen molar-refractivity contribution in [3.63, 3.8) is 0 Å². The zero-order chi connectivity index (χ0) is 38.2. The molecule has 1 amide bonds. The number of carbonyl (C=O) groups excluding carboxylic acids is 1. The standard InChI is InChI=1S/C49H83NO4/c1-3-5-7-9-11-13-15-17-19-21-23-25-27-29-31-36-40-49(41-37-32-30-28-26-24-22-20-18-16-14-12-10-8-6-4-2)53-46-42-50(43-47(46)54-49)48(51)52-44-45-38-34-33-35-39-45/h11,13,17,19,33-35,38-39,46-47H,3-10,12,14-16,18,20-32,36-37,40-44H2,1-2H3/b13-11-,19-17-/t46-,47-/m0/s1. The lowest BCUT2D eigenvalue weighted by molar-refractivity contribution is -0.193. The molecule has 1 aromatic carbocycles. The van der Waals surface area contributed by atoms with Gasteiger partial charge in [0.05, 0.1) is 13.1 Å². The molecule has 5 heteroatoms. The molecule has 0 N–H and O–H groups in total. The van der Waals surface area contributed by atoms with Gasteiger partial charge in [0.25, 0.3) is 0 Å². The van der Waals surface area contributed by atoms with Gasteiger partial charge in [-0.15, -0.1) is 0 Å². The number of unbranched alkanes of at least 4 members (excludes halogenated alkanes) is 24. The van der Waals surface area contributed by atoms with Crippen LogP contribution in [0.3, 0.4) is 0 Å². The van der Waals surface area contributed by atoms with Crippen molar-refractivity contribution in [2.24, 2.45) is 0 Å². The van der Waals surface area contributed by atoms with Crippen LogP contribution in [0.5, 0.6) is 0 Å². The summed E-state index contributed by atoms with van der Waals surface area (Å²) in [6, 6.07) is 9.89. The lowest BCUT2D eigenvalue weighted by Crippen LogP contribution is -2.37. The number of nitrogens with zero attached hydrogens (tertiary/aromatic N) is 1. The Kier molecular flexibility index (Phi) is 26.6. The van der Waals surface area contributed by atoms with Crippen LogP contribution in [0.1, 0.15) is 212 Å². The summed E-state index contributed by atoms with van der Waals surface area (Å²) >= 11 is 0. The van der Waals surface area contributed by atoms with E-state index in [-0.39, 0.29) is 18.3 Å². The van der Waals surface area contributed by atoms with Gasteiger partial charge >= 0.3 is 6.09 Å². The second kappa shape index (κ2) is 31.0. The number of carbonyl (C=O) groups is 1. The fourth-order valence-corrected chi connectivity index (χ4v) is 8.20. The Bertz CT molecular complexity index is 1070. The van der Waals surface area contributed by atoms with Crippen LogP contribution in [0.25, 0.3) is 0 Å². The molecule has 2 aliphatic rings. The summed E-state index contributed by atoms with van der Waals surface area (Å²) < 4.78 is 19.2. The largest absolute Gasteiger partial charge is 0.445 e. The SMILES string of the molecule is CCCCC/C=C\C/C=C\CCCCCCCCC1(CCCCCCCCCCCCCCCCCC)O[C@H]2CN(C(=O)OCc3ccccc3)C[C@@H]2O1. The number of fused-ring (bicyclic) bond motifs is 1. The molecule has 0 bridgehead atoms. The molecule has 1 aromatic rings. The number of ether oxygens (including phenoxy) is 3. The van der Waals surface area contributed by atoms with E-state index in [9.17, 15) is 4.79 Å². The van der Waals surface area contributed by atoms with Gasteiger partial charge in [-0.1, -0.05) is 203 Å². The second-order valence-electron chi connectivity index (χ2n) is 16.6. The molecule has 0 aromatic heterocycles. The number of hydrogen-bond acceptors (Lipinski definition) is 4. The Labute approximate surface area is 333 Å². The molecule has 2 fully saturated rings. The summed E-state index contributed by atoms with van der Waals surface area (Å²) in [7, 11) is 0. The summed E-state index contributed by atoms with van der Waals surface area (Å²) in [5, 5.41) is 0. The number of benzene rings is 1. The van der Waals surface area contributed by atoms with Gasteiger partial charge in [0.15, 0.2) is 5.79 Å². The number of hydrogen-bond donors (Lipinski definition) is 0. The maximum absolute atomic E-state index is 12.9. The highest BCUT2D eigenvalue weighted by molar-refractivity contribution is 5.68. The van der Waals surface area contributed by atoms with Gasteiger partial charge in [0.1, 0.15) is 18.8 Å². The second-order valence-corrected chi connectivity index (χ2v) is 16.6. The first-order valence-electron chi connectivity index (χ1n) is 23.3. The molecule has 308 valence electrons. The van der Waals surface area contributed by atoms with Gasteiger partial charge in [-0.3, -0.25) is 0 Å². The highest BCUT2D eigenvalue weighted by Crippen LogP contribution is 2.40. The summed E-state index contributed by atoms with van der Waals surface area (Å²) in [5.74, 6) is -0.486. The van der Waals surface area contributed by atoms with Crippen LogP contribution in [-0.4, -0.2) is 42.1 Å². The Morgan fingerprint density at radius 1 is 0.593 bits per heavy atom. The summed E-state index contributed by atoms with van der Waals surface area (Å²) in [4.78, 5) is 14.6. The number of likely N-dealkylation sites (tertiary alicyclic amines) is 1. The minimum absolute atomic E-state index is 0.0556. The van der Waals surface area contributed by atoms with Crippen LogP contribution in [0.2, 0.25) is 0 Å². The van der Waals surface area contributed by atoms with Gasteiger partial charge in [0.2, 0.25) is 0 Å². The van der Waals surface area contributed by atoms with Crippen LogP contribution in [0.15, 0.2) is 54.6 Å². The van der Waals surface area contributed by atoms with Crippen molar-refractivity contribution in [3.05, 3.63) is 60.2 Å². The van der Waals surface area contributed by atoms with Crippen molar-refractivity contribution in [3.8, 4) is 0 Å². The van der Waals surface area contributed by atoms with Crippen LogP contribution in [-0.2, 0) is 20.8 Å². The average Bonchev–Trinajstić information content (AvgIpc) is 3.74. The summed E-state index contributed by atoms with van der Waals surface area (Å²) in [5.41, 5.74) is 1.00. The van der Waals surface area contributed by atoms with Gasteiger partial charge < -0.3 is 19.1 Å². The Hall–Kier alpha value is -2.11. The Balaban J connectivity index is 1.29. The van der Waals surface area contributed by atoms with E-state index >= 15 is 0 Å². The summed E-state index contributed by atoms with van der Waals surface area (Å²) in [6.07, 6.45) is 48.0. The van der Waals surface area contributed by atoms with E-state index in [0.717, 1.165) is 37.7 Å². The van der Waals surface area contributed by atoms with E-state index in [0.29, 0.717) is 19.7 Å². The van der Waals surface area contributed by atoms with Crippen molar-refractivity contribution >= 4 is 6.09 Å². The molecule has 0 spiro atoms. The van der Waals surface area contributed by atoms with E-state index in [2.05, 4.69) is 38.2 Å². The predicted molar refractivity (Wildman–Crippen MR) is 229 cm³/mol. The predicted octanol–water partition coefficient (Wildman–Crippen LogP) is 15.0. The molecule has 0 saturated carbocycles. The Morgan fingerprint density at radius 3 is 1.48 bits per heavy atom. The molecule has 5 nitrogen and oxygen atoms in total. The van der Waals surface area contributed by atoms with Crippen LogP contribution < -0.4 is 0 Å². The normalized spacial score (nSPS) is 18.0. The highest BCUT2D eigenvalue weighted by Gasteiger charge is 2.51. The number of amides is 1. The fourth-order valence-electron chi connectivity index (χ4n) is 8.20. The van der Waals surface area contributed by atoms with Crippen molar-refractivity contribution in [2.75, 3.05) is 13.1 Å². The lowest BCUT2D eigenvalue weighted by atomic mass is 9.98. The molecule has 0 radical (unpaired) electrons. The third kappa shape index (κ3) is 21.3. The maximum Gasteiger partial charge on any atom is 0.410 e. The van der Waals surface area contributed by atoms with E-state index < -0.39 is 5.79 Å². The van der Waals surface area contributed by atoms with E-state index in [4.69, 9.17) is 14.2 Å². The highest BCUT2D eigenvalue weighted by atomic mass is 16.8. The van der Waals surface area contributed by atoms with Crippen molar-refractivity contribution < 1.29 is 19.0 Å². The van der Waals surface area contributed by atoms with Crippen LogP contribution in [0.4, 0.5) is 4.79 Å². The quantitative estimate of drug-likeness (QED) is 0.0520. The molecule has 54 heavy (non-hydrogen) atoms. The molecule has 2 heterocycles. The lowest BCUT2D eigenvalue weighted by Gasteiger charge is -2.30. The van der Waals surface area contributed by atoms with Gasteiger partial charge in [-0.05, 0) is 50.5 Å². The number of allylic oxidation sites excluding steroid dienone is 4. The first-order chi connectivity index (χ1) is 26.7. The molecule has 2 aliphatic heterocycles. The fraction of sp³-hybridized carbons (Fsp3) is 0.776. The van der Waals surface area contributed by atoms with Crippen molar-refractivity contribution in [1.82, 2.24) is 4.90 Å². The van der Waals surface area contributed by atoms with E-state index in [1.807, 2.05) is 30.3 Å². The molecule has 2 atom stereocenters. The maximum atomic E-state index is 12.9. The molecule has 0 unspecified atom stereocenters. The van der Waals surface area contributed by atoms with Crippen LogP contribution in [0, 0.1) is 0 Å². The van der Waals surface area contributed by atoms with Crippen LogP contribution >= 0.6 is 0 Å². The minimum atomic E-state index is -0.486. The van der Waals surface area contributed by atoms with Gasteiger partial charge in [-0.25, -0.2) is 4.79 Å². The number of rotatable bonds is 34. The average molecular weight is 750 g/mol. The first kappa shape index (κ1) is 46.3. The van der Waals surface area contributed by atoms with Gasteiger partial charge in [0, 0.05) is 12.8 Å². The molecule has 2 saturated heterocycles. The summed E-state index contributed by atoms with van der Waals surface area (Å²) in [6.45, 7) is 5.97. The van der Waals surface area contributed by atoms with E-state index in [1.54, 1.807) is 4.90 Å². The zero-order valence-electron chi connectivity index (χ0n) is 35.3. The third-order valence-electron chi connectivity index (χ3n) is 11.6. The van der Waals surface area contributed by atoms with Crippen molar-refractivity contribution in [1.29, 1.82) is 0 Å². The van der Waals surface area contributed by atoms with Gasteiger partial charge in [-0.2, -0.15) is 0 Å². The van der Waals surface area contributed by atoms with Crippen molar-refractivity contribution in [2.45, 2.75) is 231 Å². The Morgan fingerprint density at radius 2 is 1.00 bits per heavy atom. The smallest absolute Gasteiger partial charge is 0.410 e. The molecule has 3 rings (SSSR count). The third-order valence-corrected chi connectivity index (χ3v) is 11.6. The topological polar surface area (TPSA) is 48.0 Å². The molecule has 0 aliphatic carbocycles. The molecular formula is C49H83NO4.